The summed E-state index contributed by atoms with van der Waals surface area (Å²) in [4.78, 5) is 1.16. The molecular formula is C16H18N2OS. The van der Waals surface area contributed by atoms with Crippen molar-refractivity contribution in [2.45, 2.75) is 18.7 Å². The Bertz CT molecular complexity index is 638. The molecule has 2 aromatic rings. The summed E-state index contributed by atoms with van der Waals surface area (Å²) in [6.07, 6.45) is 2.06. The first kappa shape index (κ1) is 14.6. The van der Waals surface area contributed by atoms with E-state index < -0.39 is 0 Å². The number of aryl methyl sites for hydroxylation is 2. The summed E-state index contributed by atoms with van der Waals surface area (Å²) in [5.74, 6) is 0.728. The second kappa shape index (κ2) is 6.57. The zero-order chi connectivity index (χ0) is 14.5. The van der Waals surface area contributed by atoms with E-state index in [1.165, 1.54) is 11.1 Å². The number of benzene rings is 2. The lowest BCUT2D eigenvalue weighted by Crippen LogP contribution is -1.83. The number of hydrogen-bond acceptors (Lipinski definition) is 4. The SMILES string of the molecule is COc1ccccc1N=Nc1cc(C)cc(C)c1SC. The highest BCUT2D eigenvalue weighted by Gasteiger charge is 2.06. The molecule has 2 rings (SSSR count). The van der Waals surface area contributed by atoms with Crippen LogP contribution in [0, 0.1) is 13.8 Å². The standard InChI is InChI=1S/C16H18N2OS/c1-11-9-12(2)16(20-4)14(10-11)18-17-13-7-5-6-8-15(13)19-3/h5-10H,1-4H3. The van der Waals surface area contributed by atoms with Gasteiger partial charge in [0, 0.05) is 4.90 Å². The molecule has 0 aliphatic carbocycles. The van der Waals surface area contributed by atoms with Crippen molar-refractivity contribution in [3.8, 4) is 5.75 Å². The van der Waals surface area contributed by atoms with Crippen LogP contribution in [-0.4, -0.2) is 13.4 Å². The van der Waals surface area contributed by atoms with Gasteiger partial charge in [0.1, 0.15) is 11.4 Å². The first-order valence-corrected chi connectivity index (χ1v) is 7.58. The van der Waals surface area contributed by atoms with E-state index in [1.54, 1.807) is 18.9 Å². The van der Waals surface area contributed by atoms with Gasteiger partial charge < -0.3 is 4.74 Å². The molecule has 0 fully saturated rings. The molecule has 2 aromatic carbocycles. The van der Waals surface area contributed by atoms with Crippen LogP contribution < -0.4 is 4.74 Å². The van der Waals surface area contributed by atoms with Crippen LogP contribution in [0.25, 0.3) is 0 Å². The molecule has 0 atom stereocenters. The number of methoxy groups -OCH3 is 1. The van der Waals surface area contributed by atoms with Gasteiger partial charge in [-0.2, -0.15) is 0 Å². The molecule has 0 N–H and O–H groups in total. The van der Waals surface area contributed by atoms with Crippen molar-refractivity contribution in [3.63, 3.8) is 0 Å². The molecule has 104 valence electrons. The number of hydrogen-bond donors (Lipinski definition) is 0. The number of azo groups is 1. The van der Waals surface area contributed by atoms with Gasteiger partial charge in [0.05, 0.1) is 12.8 Å². The summed E-state index contributed by atoms with van der Waals surface area (Å²) in [5, 5.41) is 8.73. The Kier molecular flexibility index (Phi) is 4.79. The van der Waals surface area contributed by atoms with Crippen LogP contribution in [0.2, 0.25) is 0 Å². The number of thioether (sulfide) groups is 1. The van der Waals surface area contributed by atoms with Gasteiger partial charge >= 0.3 is 0 Å². The summed E-state index contributed by atoms with van der Waals surface area (Å²) >= 11 is 1.69. The van der Waals surface area contributed by atoms with Gasteiger partial charge in [-0.25, -0.2) is 0 Å². The maximum absolute atomic E-state index is 5.28. The second-order valence-corrected chi connectivity index (χ2v) is 5.32. The van der Waals surface area contributed by atoms with Crippen molar-refractivity contribution in [1.82, 2.24) is 0 Å². The van der Waals surface area contributed by atoms with Gasteiger partial charge in [-0.1, -0.05) is 18.2 Å². The first-order valence-electron chi connectivity index (χ1n) is 6.35. The number of para-hydroxylation sites is 1. The fraction of sp³-hybridized carbons (Fsp3) is 0.250. The summed E-state index contributed by atoms with van der Waals surface area (Å²) in [6, 6.07) is 11.8. The zero-order valence-corrected chi connectivity index (χ0v) is 13.0. The third kappa shape index (κ3) is 3.20. The molecule has 3 nitrogen and oxygen atoms in total. The lowest BCUT2D eigenvalue weighted by Gasteiger charge is -2.08. The predicted molar refractivity (Wildman–Crippen MR) is 84.9 cm³/mol. The Morgan fingerprint density at radius 1 is 1.00 bits per heavy atom. The molecule has 0 heterocycles. The van der Waals surface area contributed by atoms with Gasteiger partial charge in [0.2, 0.25) is 0 Å². The Morgan fingerprint density at radius 3 is 2.40 bits per heavy atom. The first-order chi connectivity index (χ1) is 9.65. The van der Waals surface area contributed by atoms with Gasteiger partial charge in [-0.15, -0.1) is 22.0 Å². The van der Waals surface area contributed by atoms with Crippen LogP contribution in [0.4, 0.5) is 11.4 Å². The molecule has 0 spiro atoms. The van der Waals surface area contributed by atoms with Crippen molar-refractivity contribution < 1.29 is 4.74 Å². The Morgan fingerprint density at radius 2 is 1.70 bits per heavy atom. The topological polar surface area (TPSA) is 34.0 Å². The molecule has 0 radical (unpaired) electrons. The largest absolute Gasteiger partial charge is 0.494 e. The molecule has 0 saturated carbocycles. The third-order valence-electron chi connectivity index (χ3n) is 2.95. The quantitative estimate of drug-likeness (QED) is 0.553. The fourth-order valence-electron chi connectivity index (χ4n) is 2.09. The van der Waals surface area contributed by atoms with Crippen LogP contribution in [0.15, 0.2) is 51.5 Å². The smallest absolute Gasteiger partial charge is 0.146 e. The van der Waals surface area contributed by atoms with E-state index in [4.69, 9.17) is 4.74 Å². The van der Waals surface area contributed by atoms with Gasteiger partial charge in [0.25, 0.3) is 0 Å². The summed E-state index contributed by atoms with van der Waals surface area (Å²) in [7, 11) is 1.64. The second-order valence-electron chi connectivity index (χ2n) is 4.51. The Labute approximate surface area is 124 Å². The highest BCUT2D eigenvalue weighted by atomic mass is 32.2. The molecular weight excluding hydrogens is 268 g/mol. The normalized spacial score (nSPS) is 11.0. The van der Waals surface area contributed by atoms with E-state index in [-0.39, 0.29) is 0 Å². The highest BCUT2D eigenvalue weighted by Crippen LogP contribution is 2.35. The fourth-order valence-corrected chi connectivity index (χ4v) is 2.78. The van der Waals surface area contributed by atoms with Crippen molar-refractivity contribution >= 4 is 23.1 Å². The van der Waals surface area contributed by atoms with Gasteiger partial charge in [-0.3, -0.25) is 0 Å². The number of rotatable bonds is 4. The summed E-state index contributed by atoms with van der Waals surface area (Å²) < 4.78 is 5.28. The van der Waals surface area contributed by atoms with Crippen molar-refractivity contribution in [1.29, 1.82) is 0 Å². The average molecular weight is 286 g/mol. The highest BCUT2D eigenvalue weighted by molar-refractivity contribution is 7.98. The Hall–Kier alpha value is -1.81. The third-order valence-corrected chi connectivity index (χ3v) is 3.89. The summed E-state index contributed by atoms with van der Waals surface area (Å²) in [5.41, 5.74) is 4.06. The van der Waals surface area contributed by atoms with Crippen molar-refractivity contribution in [2.75, 3.05) is 13.4 Å². The van der Waals surface area contributed by atoms with Crippen LogP contribution in [0.3, 0.4) is 0 Å². The lowest BCUT2D eigenvalue weighted by molar-refractivity contribution is 0.416. The van der Waals surface area contributed by atoms with Crippen LogP contribution in [0.1, 0.15) is 11.1 Å². The monoisotopic (exact) mass is 286 g/mol. The molecule has 0 unspecified atom stereocenters. The lowest BCUT2D eigenvalue weighted by atomic mass is 10.1. The molecule has 0 saturated heterocycles. The molecule has 20 heavy (non-hydrogen) atoms. The van der Waals surface area contributed by atoms with E-state index in [0.717, 1.165) is 22.0 Å². The Balaban J connectivity index is 2.41. The van der Waals surface area contributed by atoms with Gasteiger partial charge in [-0.05, 0) is 49.4 Å². The van der Waals surface area contributed by atoms with Crippen LogP contribution >= 0.6 is 11.8 Å². The van der Waals surface area contributed by atoms with Gasteiger partial charge in [0.15, 0.2) is 0 Å². The van der Waals surface area contributed by atoms with Crippen molar-refractivity contribution in [3.05, 3.63) is 47.5 Å². The minimum absolute atomic E-state index is 0.728. The van der Waals surface area contributed by atoms with E-state index in [9.17, 15) is 0 Å². The van der Waals surface area contributed by atoms with E-state index in [2.05, 4.69) is 42.5 Å². The van der Waals surface area contributed by atoms with Crippen LogP contribution in [-0.2, 0) is 0 Å². The minimum atomic E-state index is 0.728. The average Bonchev–Trinajstić information content (AvgIpc) is 2.45. The van der Waals surface area contributed by atoms with E-state index >= 15 is 0 Å². The molecule has 0 amide bonds. The molecule has 0 aliphatic heterocycles. The summed E-state index contributed by atoms with van der Waals surface area (Å²) in [6.45, 7) is 4.17. The predicted octanol–water partition coefficient (Wildman–Crippen LogP) is 5.45. The molecule has 0 aromatic heterocycles. The van der Waals surface area contributed by atoms with E-state index in [0.29, 0.717) is 0 Å². The number of nitrogens with zero attached hydrogens (tertiary/aromatic N) is 2. The molecule has 0 aliphatic rings. The number of ether oxygens (including phenoxy) is 1. The molecule has 0 bridgehead atoms. The zero-order valence-electron chi connectivity index (χ0n) is 12.2. The minimum Gasteiger partial charge on any atom is -0.494 e. The van der Waals surface area contributed by atoms with Crippen LogP contribution in [0.5, 0.6) is 5.75 Å². The molecule has 4 heteroatoms. The van der Waals surface area contributed by atoms with E-state index in [1.807, 2.05) is 24.3 Å². The maximum Gasteiger partial charge on any atom is 0.146 e. The van der Waals surface area contributed by atoms with Crippen molar-refractivity contribution in [2.24, 2.45) is 10.2 Å². The maximum atomic E-state index is 5.28.